The second kappa shape index (κ2) is 5.95. The summed E-state index contributed by atoms with van der Waals surface area (Å²) in [6.45, 7) is 7.84. The Morgan fingerprint density at radius 1 is 1.20 bits per heavy atom. The molecule has 0 radical (unpaired) electrons. The molecule has 0 spiro atoms. The van der Waals surface area contributed by atoms with Crippen LogP contribution in [0.1, 0.15) is 57.2 Å². The molecule has 20 heavy (non-hydrogen) atoms. The molecule has 1 aromatic carbocycles. The Balaban J connectivity index is 2.37. The number of nitrogens with two attached hydrogens (primary N) is 1. The smallest absolute Gasteiger partial charge is 0.0991 e. The van der Waals surface area contributed by atoms with Gasteiger partial charge in [0.15, 0.2) is 0 Å². The predicted octanol–water partition coefficient (Wildman–Crippen LogP) is 3.21. The van der Waals surface area contributed by atoms with Crippen molar-refractivity contribution < 1.29 is 0 Å². The molecule has 3 nitrogen and oxygen atoms in total. The van der Waals surface area contributed by atoms with Gasteiger partial charge < -0.3 is 5.73 Å². The molecular formula is C17H25N3. The Morgan fingerprint density at radius 2 is 1.85 bits per heavy atom. The van der Waals surface area contributed by atoms with E-state index in [0.29, 0.717) is 5.56 Å². The highest BCUT2D eigenvalue weighted by molar-refractivity contribution is 5.33. The summed E-state index contributed by atoms with van der Waals surface area (Å²) in [5.74, 6) is 0. The fraction of sp³-hybridized carbons (Fsp3) is 0.588. The van der Waals surface area contributed by atoms with Crippen LogP contribution in [-0.4, -0.2) is 23.0 Å². The lowest BCUT2D eigenvalue weighted by atomic mass is 9.92. The van der Waals surface area contributed by atoms with Crippen LogP contribution in [0.5, 0.6) is 0 Å². The van der Waals surface area contributed by atoms with Crippen molar-refractivity contribution in [3.05, 3.63) is 35.4 Å². The molecule has 0 saturated carbocycles. The van der Waals surface area contributed by atoms with Gasteiger partial charge in [-0.3, -0.25) is 4.90 Å². The summed E-state index contributed by atoms with van der Waals surface area (Å²) in [4.78, 5) is 2.52. The van der Waals surface area contributed by atoms with Crippen LogP contribution < -0.4 is 5.73 Å². The van der Waals surface area contributed by atoms with E-state index in [9.17, 15) is 0 Å². The first-order valence-corrected chi connectivity index (χ1v) is 7.46. The fourth-order valence-electron chi connectivity index (χ4n) is 3.12. The van der Waals surface area contributed by atoms with E-state index in [4.69, 9.17) is 11.0 Å². The van der Waals surface area contributed by atoms with Crippen molar-refractivity contribution in [3.8, 4) is 6.07 Å². The van der Waals surface area contributed by atoms with Crippen molar-refractivity contribution in [2.75, 3.05) is 6.54 Å². The molecule has 3 heteroatoms. The first-order valence-electron chi connectivity index (χ1n) is 7.46. The largest absolute Gasteiger partial charge is 0.326 e. The van der Waals surface area contributed by atoms with Gasteiger partial charge in [-0.1, -0.05) is 18.6 Å². The summed E-state index contributed by atoms with van der Waals surface area (Å²) in [6.07, 6.45) is 3.47. The maximum absolute atomic E-state index is 8.93. The minimum Gasteiger partial charge on any atom is -0.326 e. The van der Waals surface area contributed by atoms with Crippen LogP contribution in [0.2, 0.25) is 0 Å². The summed E-state index contributed by atoms with van der Waals surface area (Å²) in [6, 6.07) is 10.5. The monoisotopic (exact) mass is 271 g/mol. The Kier molecular flexibility index (Phi) is 4.47. The minimum absolute atomic E-state index is 0.0977. The quantitative estimate of drug-likeness (QED) is 0.853. The Labute approximate surface area is 122 Å². The van der Waals surface area contributed by atoms with E-state index in [-0.39, 0.29) is 17.6 Å². The van der Waals surface area contributed by atoms with Gasteiger partial charge >= 0.3 is 0 Å². The molecule has 1 aromatic rings. The summed E-state index contributed by atoms with van der Waals surface area (Å²) < 4.78 is 0. The molecule has 2 unspecified atom stereocenters. The van der Waals surface area contributed by atoms with E-state index < -0.39 is 0 Å². The standard InChI is InChI=1S/C17H25N3/c1-17(2,3)20-11-5-4-6-15(19)16(20)14-9-7-13(12-18)8-10-14/h7-10,15-16H,4-6,11,19H2,1-3H3. The fourth-order valence-corrected chi connectivity index (χ4v) is 3.12. The number of hydrogen-bond donors (Lipinski definition) is 1. The first-order chi connectivity index (χ1) is 9.43. The van der Waals surface area contributed by atoms with Crippen molar-refractivity contribution in [2.45, 2.75) is 57.7 Å². The number of nitrogens with zero attached hydrogens (tertiary/aromatic N) is 2. The molecule has 1 fully saturated rings. The lowest BCUT2D eigenvalue weighted by Crippen LogP contribution is -2.49. The van der Waals surface area contributed by atoms with E-state index in [1.54, 1.807) is 0 Å². The predicted molar refractivity (Wildman–Crippen MR) is 82.2 cm³/mol. The summed E-state index contributed by atoms with van der Waals surface area (Å²) in [5, 5.41) is 8.93. The third-order valence-electron chi connectivity index (χ3n) is 4.17. The third-order valence-corrected chi connectivity index (χ3v) is 4.17. The Morgan fingerprint density at radius 3 is 2.40 bits per heavy atom. The molecule has 2 atom stereocenters. The van der Waals surface area contributed by atoms with Crippen LogP contribution in [0.3, 0.4) is 0 Å². The number of likely N-dealkylation sites (tertiary alicyclic amines) is 1. The van der Waals surface area contributed by atoms with Gasteiger partial charge in [0, 0.05) is 11.6 Å². The molecule has 1 aliphatic heterocycles. The molecule has 108 valence electrons. The maximum atomic E-state index is 8.93. The van der Waals surface area contributed by atoms with Crippen molar-refractivity contribution in [1.29, 1.82) is 5.26 Å². The van der Waals surface area contributed by atoms with Crippen LogP contribution in [-0.2, 0) is 0 Å². The van der Waals surface area contributed by atoms with Gasteiger partial charge in [-0.2, -0.15) is 5.26 Å². The van der Waals surface area contributed by atoms with Gasteiger partial charge in [0.25, 0.3) is 0 Å². The zero-order chi connectivity index (χ0) is 14.8. The van der Waals surface area contributed by atoms with Crippen molar-refractivity contribution >= 4 is 0 Å². The van der Waals surface area contributed by atoms with Crippen LogP contribution in [0.4, 0.5) is 0 Å². The van der Waals surface area contributed by atoms with Gasteiger partial charge in [-0.25, -0.2) is 0 Å². The van der Waals surface area contributed by atoms with E-state index in [2.05, 4.69) is 43.9 Å². The summed E-state index contributed by atoms with van der Waals surface area (Å²) >= 11 is 0. The van der Waals surface area contributed by atoms with Crippen LogP contribution in [0, 0.1) is 11.3 Å². The molecule has 1 heterocycles. The lowest BCUT2D eigenvalue weighted by Gasteiger charge is -2.43. The van der Waals surface area contributed by atoms with Crippen molar-refractivity contribution in [3.63, 3.8) is 0 Å². The molecule has 0 amide bonds. The number of rotatable bonds is 1. The molecule has 1 saturated heterocycles. The Bertz CT molecular complexity index is 478. The van der Waals surface area contributed by atoms with Gasteiger partial charge in [0.1, 0.15) is 0 Å². The topological polar surface area (TPSA) is 53.0 Å². The number of nitriles is 1. The van der Waals surface area contributed by atoms with Gasteiger partial charge in [-0.15, -0.1) is 0 Å². The van der Waals surface area contributed by atoms with Crippen LogP contribution in [0.25, 0.3) is 0 Å². The first kappa shape index (κ1) is 15.0. The molecule has 2 N–H and O–H groups in total. The highest BCUT2D eigenvalue weighted by Crippen LogP contribution is 2.34. The minimum atomic E-state index is 0.0977. The second-order valence-electron chi connectivity index (χ2n) is 6.70. The van der Waals surface area contributed by atoms with Gasteiger partial charge in [0.2, 0.25) is 0 Å². The lowest BCUT2D eigenvalue weighted by molar-refractivity contribution is 0.0755. The average Bonchev–Trinajstić information content (AvgIpc) is 2.60. The second-order valence-corrected chi connectivity index (χ2v) is 6.70. The highest BCUT2D eigenvalue weighted by Gasteiger charge is 2.34. The van der Waals surface area contributed by atoms with Crippen LogP contribution in [0.15, 0.2) is 24.3 Å². The third kappa shape index (κ3) is 3.20. The average molecular weight is 271 g/mol. The molecule has 0 aromatic heterocycles. The number of benzene rings is 1. The zero-order valence-corrected chi connectivity index (χ0v) is 12.8. The molecule has 2 rings (SSSR count). The summed E-state index contributed by atoms with van der Waals surface area (Å²) in [7, 11) is 0. The number of hydrogen-bond acceptors (Lipinski definition) is 3. The SMILES string of the molecule is CC(C)(C)N1CCCCC(N)C1c1ccc(C#N)cc1. The summed E-state index contributed by atoms with van der Waals surface area (Å²) in [5.41, 5.74) is 8.50. The van der Waals surface area contributed by atoms with Crippen LogP contribution >= 0.6 is 0 Å². The van der Waals surface area contributed by atoms with Crippen molar-refractivity contribution in [1.82, 2.24) is 4.90 Å². The van der Waals surface area contributed by atoms with E-state index >= 15 is 0 Å². The van der Waals surface area contributed by atoms with E-state index in [1.165, 1.54) is 18.4 Å². The highest BCUT2D eigenvalue weighted by atomic mass is 15.2. The molecule has 0 bridgehead atoms. The van der Waals surface area contributed by atoms with Gasteiger partial charge in [0.05, 0.1) is 17.7 Å². The van der Waals surface area contributed by atoms with E-state index in [0.717, 1.165) is 13.0 Å². The van der Waals surface area contributed by atoms with Gasteiger partial charge in [-0.05, 0) is 57.9 Å². The molecule has 1 aliphatic rings. The van der Waals surface area contributed by atoms with E-state index in [1.807, 2.05) is 12.1 Å². The molecule has 0 aliphatic carbocycles. The maximum Gasteiger partial charge on any atom is 0.0991 e. The normalized spacial score (nSPS) is 24.9. The molecular weight excluding hydrogens is 246 g/mol. The Hall–Kier alpha value is -1.37. The van der Waals surface area contributed by atoms with Crippen molar-refractivity contribution in [2.24, 2.45) is 5.73 Å². The zero-order valence-electron chi connectivity index (χ0n) is 12.8.